The molecule has 1 aliphatic carbocycles. The Morgan fingerprint density at radius 3 is 2.03 bits per heavy atom. The monoisotopic (exact) mass is 393 g/mol. The summed E-state index contributed by atoms with van der Waals surface area (Å²) in [5.41, 5.74) is 2.73. The molecule has 1 fully saturated rings. The van der Waals surface area contributed by atoms with Gasteiger partial charge in [0, 0.05) is 12.0 Å². The molecule has 0 saturated heterocycles. The molecule has 2 nitrogen and oxygen atoms in total. The van der Waals surface area contributed by atoms with E-state index in [-0.39, 0.29) is 11.5 Å². The minimum atomic E-state index is -0.0998. The zero-order valence-corrected chi connectivity index (χ0v) is 18.7. The van der Waals surface area contributed by atoms with Crippen molar-refractivity contribution in [2.45, 2.75) is 58.0 Å². The first-order valence-electron chi connectivity index (χ1n) is 11.5. The third-order valence-electron chi connectivity index (χ3n) is 6.91. The highest BCUT2D eigenvalue weighted by Crippen LogP contribution is 2.54. The quantitative estimate of drug-likeness (QED) is 0.523. The Morgan fingerprint density at radius 2 is 1.52 bits per heavy atom. The second-order valence-corrected chi connectivity index (χ2v) is 9.11. The molecule has 29 heavy (non-hydrogen) atoms. The summed E-state index contributed by atoms with van der Waals surface area (Å²) in [5.74, 6) is 1.69. The average molecular weight is 394 g/mol. The number of ether oxygens (including phenoxy) is 1. The van der Waals surface area contributed by atoms with E-state index in [2.05, 4.69) is 86.8 Å². The smallest absolute Gasteiger partial charge is 0.0740 e. The van der Waals surface area contributed by atoms with E-state index in [1.165, 1.54) is 24.0 Å². The van der Waals surface area contributed by atoms with Crippen LogP contribution >= 0.6 is 0 Å². The van der Waals surface area contributed by atoms with E-state index in [1.54, 1.807) is 0 Å². The number of rotatable bonds is 9. The molecular weight excluding hydrogens is 354 g/mol. The lowest BCUT2D eigenvalue weighted by atomic mass is 9.52. The van der Waals surface area contributed by atoms with E-state index in [0.717, 1.165) is 26.0 Å². The minimum absolute atomic E-state index is 0.0998. The maximum atomic E-state index is 6.82. The summed E-state index contributed by atoms with van der Waals surface area (Å²) in [7, 11) is 2.02. The highest BCUT2D eigenvalue weighted by Gasteiger charge is 2.54. The second kappa shape index (κ2) is 10.4. The molecule has 1 aliphatic rings. The molecule has 3 unspecified atom stereocenters. The zero-order valence-electron chi connectivity index (χ0n) is 18.7. The summed E-state index contributed by atoms with van der Waals surface area (Å²) < 4.78 is 6.82. The summed E-state index contributed by atoms with van der Waals surface area (Å²) in [5, 5.41) is 3.25. The Kier molecular flexibility index (Phi) is 7.91. The Hall–Kier alpha value is -1.64. The molecule has 0 heterocycles. The minimum Gasteiger partial charge on any atom is -0.377 e. The summed E-state index contributed by atoms with van der Waals surface area (Å²) in [6.07, 6.45) is 4.96. The van der Waals surface area contributed by atoms with Gasteiger partial charge in [-0.25, -0.2) is 0 Å². The Balaban J connectivity index is 2.08. The molecule has 0 aromatic heterocycles. The molecule has 0 radical (unpaired) electrons. The van der Waals surface area contributed by atoms with Crippen molar-refractivity contribution in [3.8, 4) is 0 Å². The normalized spacial score (nSPS) is 24.0. The lowest BCUT2D eigenvalue weighted by Gasteiger charge is -2.54. The van der Waals surface area contributed by atoms with Crippen molar-refractivity contribution in [3.05, 3.63) is 71.8 Å². The summed E-state index contributed by atoms with van der Waals surface area (Å²) in [6.45, 7) is 9.08. The molecule has 2 heteroatoms. The molecule has 0 amide bonds. The van der Waals surface area contributed by atoms with E-state index in [9.17, 15) is 0 Å². The first-order chi connectivity index (χ1) is 14.1. The van der Waals surface area contributed by atoms with Crippen LogP contribution in [0.5, 0.6) is 0 Å². The van der Waals surface area contributed by atoms with Gasteiger partial charge in [0.25, 0.3) is 0 Å². The molecule has 2 aromatic carbocycles. The van der Waals surface area contributed by atoms with Gasteiger partial charge in [0.15, 0.2) is 0 Å². The second-order valence-electron chi connectivity index (χ2n) is 9.11. The van der Waals surface area contributed by atoms with Crippen LogP contribution in [0.3, 0.4) is 0 Å². The fraction of sp³-hybridized carbons (Fsp3) is 0.556. The first-order valence-corrected chi connectivity index (χ1v) is 11.5. The van der Waals surface area contributed by atoms with E-state index in [4.69, 9.17) is 4.74 Å². The molecule has 0 spiro atoms. The van der Waals surface area contributed by atoms with E-state index in [1.807, 2.05) is 7.05 Å². The molecule has 3 atom stereocenters. The van der Waals surface area contributed by atoms with Crippen molar-refractivity contribution in [1.82, 2.24) is 5.32 Å². The van der Waals surface area contributed by atoms with Gasteiger partial charge in [-0.2, -0.15) is 0 Å². The third kappa shape index (κ3) is 4.59. The Morgan fingerprint density at radius 1 is 0.931 bits per heavy atom. The summed E-state index contributed by atoms with van der Waals surface area (Å²) in [6, 6.07) is 22.4. The van der Waals surface area contributed by atoms with E-state index in [0.29, 0.717) is 17.8 Å². The standard InChI is InChI=1S/C27H39NO/c1-21(2)25-18-17-22(3)26(29-20-12-11-19-28-4)27(25,23-13-7-5-8-14-23)24-15-9-6-10-16-24/h5-10,13-16,21-22,25-26,28H,11-12,17-20H2,1-4H3. The van der Waals surface area contributed by atoms with Crippen LogP contribution in [-0.4, -0.2) is 26.3 Å². The van der Waals surface area contributed by atoms with Gasteiger partial charge in [-0.3, -0.25) is 0 Å². The number of hydrogen-bond donors (Lipinski definition) is 1. The first kappa shape index (κ1) is 22.1. The van der Waals surface area contributed by atoms with Crippen LogP contribution in [0.25, 0.3) is 0 Å². The van der Waals surface area contributed by atoms with Gasteiger partial charge in [-0.1, -0.05) is 81.4 Å². The summed E-state index contributed by atoms with van der Waals surface area (Å²) in [4.78, 5) is 0. The summed E-state index contributed by atoms with van der Waals surface area (Å²) >= 11 is 0. The van der Waals surface area contributed by atoms with Crippen LogP contribution in [0.2, 0.25) is 0 Å². The van der Waals surface area contributed by atoms with Crippen molar-refractivity contribution in [1.29, 1.82) is 0 Å². The average Bonchev–Trinajstić information content (AvgIpc) is 2.75. The SMILES string of the molecule is CNCCCCOC1C(C)CCC(C(C)C)C1(c1ccccc1)c1ccccc1. The molecule has 158 valence electrons. The molecule has 1 saturated carbocycles. The van der Waals surface area contributed by atoms with Crippen molar-refractivity contribution in [2.75, 3.05) is 20.2 Å². The number of benzene rings is 2. The molecule has 3 rings (SSSR count). The molecular formula is C27H39NO. The lowest BCUT2D eigenvalue weighted by Crippen LogP contribution is -2.55. The van der Waals surface area contributed by atoms with Crippen LogP contribution in [0, 0.1) is 17.8 Å². The fourth-order valence-corrected chi connectivity index (χ4v) is 5.60. The number of unbranched alkanes of at least 4 members (excludes halogenated alkanes) is 1. The van der Waals surface area contributed by atoms with Crippen LogP contribution in [-0.2, 0) is 10.2 Å². The van der Waals surface area contributed by atoms with Crippen LogP contribution < -0.4 is 5.32 Å². The van der Waals surface area contributed by atoms with Gasteiger partial charge in [0.2, 0.25) is 0 Å². The molecule has 0 aliphatic heterocycles. The third-order valence-corrected chi connectivity index (χ3v) is 6.91. The van der Waals surface area contributed by atoms with E-state index >= 15 is 0 Å². The highest BCUT2D eigenvalue weighted by atomic mass is 16.5. The highest BCUT2D eigenvalue weighted by molar-refractivity contribution is 5.43. The lowest BCUT2D eigenvalue weighted by molar-refractivity contribution is -0.0788. The van der Waals surface area contributed by atoms with Crippen molar-refractivity contribution in [3.63, 3.8) is 0 Å². The van der Waals surface area contributed by atoms with Gasteiger partial charge in [-0.15, -0.1) is 0 Å². The van der Waals surface area contributed by atoms with Gasteiger partial charge < -0.3 is 10.1 Å². The van der Waals surface area contributed by atoms with Crippen molar-refractivity contribution < 1.29 is 4.74 Å². The van der Waals surface area contributed by atoms with Gasteiger partial charge >= 0.3 is 0 Å². The van der Waals surface area contributed by atoms with Crippen LogP contribution in [0.1, 0.15) is 57.6 Å². The number of nitrogens with one attached hydrogen (secondary N) is 1. The largest absolute Gasteiger partial charge is 0.377 e. The van der Waals surface area contributed by atoms with Crippen molar-refractivity contribution in [2.24, 2.45) is 17.8 Å². The Bertz CT molecular complexity index is 672. The van der Waals surface area contributed by atoms with Gasteiger partial charge in [0.1, 0.15) is 0 Å². The topological polar surface area (TPSA) is 21.3 Å². The van der Waals surface area contributed by atoms with Crippen molar-refractivity contribution >= 4 is 0 Å². The predicted molar refractivity (Wildman–Crippen MR) is 123 cm³/mol. The fourth-order valence-electron chi connectivity index (χ4n) is 5.60. The maximum absolute atomic E-state index is 6.82. The van der Waals surface area contributed by atoms with E-state index < -0.39 is 0 Å². The van der Waals surface area contributed by atoms with Crippen LogP contribution in [0.4, 0.5) is 0 Å². The maximum Gasteiger partial charge on any atom is 0.0740 e. The molecule has 1 N–H and O–H groups in total. The van der Waals surface area contributed by atoms with Gasteiger partial charge in [-0.05, 0) is 68.2 Å². The Labute approximate surface area is 178 Å². The zero-order chi connectivity index (χ0) is 20.7. The van der Waals surface area contributed by atoms with Crippen LogP contribution in [0.15, 0.2) is 60.7 Å². The molecule has 0 bridgehead atoms. The number of hydrogen-bond acceptors (Lipinski definition) is 2. The predicted octanol–water partition coefficient (Wildman–Crippen LogP) is 6.06. The van der Waals surface area contributed by atoms with Gasteiger partial charge in [0.05, 0.1) is 6.10 Å². The molecule has 2 aromatic rings.